The Hall–Kier alpha value is -3.66. The Labute approximate surface area is 166 Å². The second-order valence-corrected chi connectivity index (χ2v) is 6.26. The first-order chi connectivity index (χ1) is 14.1. The zero-order chi connectivity index (χ0) is 20.4. The van der Waals surface area contributed by atoms with Crippen LogP contribution in [0.1, 0.15) is 0 Å². The summed E-state index contributed by atoms with van der Waals surface area (Å²) in [6.45, 7) is 1.21. The van der Waals surface area contributed by atoms with Gasteiger partial charge in [0.05, 0.1) is 44.8 Å². The minimum Gasteiger partial charge on any atom is -0.491 e. The third-order valence-corrected chi connectivity index (χ3v) is 4.49. The van der Waals surface area contributed by atoms with Gasteiger partial charge in [0.15, 0.2) is 17.2 Å². The Kier molecular flexibility index (Phi) is 5.00. The normalized spacial score (nSPS) is 11.1. The molecule has 10 heteroatoms. The van der Waals surface area contributed by atoms with E-state index in [0.717, 1.165) is 16.7 Å². The SMILES string of the molecule is COCCn1cc(-c2c(N)nn3ccc(-c4cnc(OC)c(OC)c4)nc23)cn1. The van der Waals surface area contributed by atoms with Gasteiger partial charge in [0.2, 0.25) is 0 Å². The molecular weight excluding hydrogens is 374 g/mol. The Morgan fingerprint density at radius 3 is 2.72 bits per heavy atom. The van der Waals surface area contributed by atoms with Crippen molar-refractivity contribution in [3.63, 3.8) is 0 Å². The second kappa shape index (κ2) is 7.76. The molecule has 4 aromatic heterocycles. The Morgan fingerprint density at radius 2 is 1.97 bits per heavy atom. The first-order valence-corrected chi connectivity index (χ1v) is 8.89. The average Bonchev–Trinajstić information content (AvgIpc) is 3.34. The molecule has 0 aromatic carbocycles. The van der Waals surface area contributed by atoms with Crippen molar-refractivity contribution in [3.05, 3.63) is 36.9 Å². The van der Waals surface area contributed by atoms with Gasteiger partial charge in [0.1, 0.15) is 0 Å². The van der Waals surface area contributed by atoms with Crippen LogP contribution in [0.15, 0.2) is 36.9 Å². The van der Waals surface area contributed by atoms with Crippen LogP contribution in [0.2, 0.25) is 0 Å². The molecule has 0 saturated heterocycles. The van der Waals surface area contributed by atoms with E-state index in [0.29, 0.717) is 41.9 Å². The highest BCUT2D eigenvalue weighted by Crippen LogP contribution is 2.32. The minimum absolute atomic E-state index is 0.381. The molecule has 0 unspecified atom stereocenters. The molecule has 0 amide bonds. The summed E-state index contributed by atoms with van der Waals surface area (Å²) in [5.41, 5.74) is 9.86. The molecule has 0 aliphatic carbocycles. The van der Waals surface area contributed by atoms with Gasteiger partial charge in [-0.05, 0) is 12.1 Å². The van der Waals surface area contributed by atoms with E-state index in [2.05, 4.69) is 15.2 Å². The highest BCUT2D eigenvalue weighted by molar-refractivity contribution is 5.86. The lowest BCUT2D eigenvalue weighted by Crippen LogP contribution is -2.03. The lowest BCUT2D eigenvalue weighted by molar-refractivity contribution is 0.183. The smallest absolute Gasteiger partial charge is 0.256 e. The number of hydrogen-bond donors (Lipinski definition) is 1. The van der Waals surface area contributed by atoms with Gasteiger partial charge in [0.25, 0.3) is 5.88 Å². The molecule has 0 bridgehead atoms. The molecule has 10 nitrogen and oxygen atoms in total. The van der Waals surface area contributed by atoms with E-state index in [1.54, 1.807) is 42.9 Å². The van der Waals surface area contributed by atoms with Gasteiger partial charge in [-0.2, -0.15) is 5.10 Å². The zero-order valence-corrected chi connectivity index (χ0v) is 16.4. The van der Waals surface area contributed by atoms with Crippen LogP contribution in [0.25, 0.3) is 28.0 Å². The first-order valence-electron chi connectivity index (χ1n) is 8.89. The minimum atomic E-state index is 0.381. The molecule has 2 N–H and O–H groups in total. The van der Waals surface area contributed by atoms with Crippen molar-refractivity contribution in [2.45, 2.75) is 6.54 Å². The van der Waals surface area contributed by atoms with Crippen molar-refractivity contribution in [1.29, 1.82) is 0 Å². The third-order valence-electron chi connectivity index (χ3n) is 4.49. The molecule has 0 radical (unpaired) electrons. The number of pyridine rings is 1. The molecule has 150 valence electrons. The number of ether oxygens (including phenoxy) is 3. The van der Waals surface area contributed by atoms with Crippen molar-refractivity contribution in [2.24, 2.45) is 0 Å². The maximum Gasteiger partial charge on any atom is 0.256 e. The number of anilines is 1. The van der Waals surface area contributed by atoms with Gasteiger partial charge in [-0.25, -0.2) is 14.5 Å². The highest BCUT2D eigenvalue weighted by atomic mass is 16.5. The van der Waals surface area contributed by atoms with Crippen molar-refractivity contribution in [2.75, 3.05) is 33.7 Å². The Balaban J connectivity index is 1.78. The van der Waals surface area contributed by atoms with E-state index in [-0.39, 0.29) is 0 Å². The molecular formula is C19H21N7O3. The lowest BCUT2D eigenvalue weighted by Gasteiger charge is -2.08. The van der Waals surface area contributed by atoms with Crippen molar-refractivity contribution >= 4 is 11.5 Å². The fourth-order valence-electron chi connectivity index (χ4n) is 3.06. The van der Waals surface area contributed by atoms with Crippen LogP contribution in [0.4, 0.5) is 5.82 Å². The summed E-state index contributed by atoms with van der Waals surface area (Å²) in [4.78, 5) is 9.05. The van der Waals surface area contributed by atoms with Gasteiger partial charge < -0.3 is 19.9 Å². The van der Waals surface area contributed by atoms with Crippen LogP contribution in [0.5, 0.6) is 11.6 Å². The zero-order valence-electron chi connectivity index (χ0n) is 16.4. The second-order valence-electron chi connectivity index (χ2n) is 6.26. The maximum absolute atomic E-state index is 6.18. The quantitative estimate of drug-likeness (QED) is 0.505. The van der Waals surface area contributed by atoms with Crippen LogP contribution >= 0.6 is 0 Å². The number of fused-ring (bicyclic) bond motifs is 1. The van der Waals surface area contributed by atoms with E-state index >= 15 is 0 Å². The van der Waals surface area contributed by atoms with Crippen LogP contribution in [-0.4, -0.2) is 57.3 Å². The summed E-state index contributed by atoms with van der Waals surface area (Å²) >= 11 is 0. The fraction of sp³-hybridized carbons (Fsp3) is 0.263. The number of hydrogen-bond acceptors (Lipinski definition) is 8. The predicted molar refractivity (Wildman–Crippen MR) is 107 cm³/mol. The van der Waals surface area contributed by atoms with Crippen LogP contribution in [0.3, 0.4) is 0 Å². The Morgan fingerprint density at radius 1 is 1.10 bits per heavy atom. The predicted octanol–water partition coefficient (Wildman–Crippen LogP) is 1.90. The van der Waals surface area contributed by atoms with Gasteiger partial charge in [0, 0.05) is 36.8 Å². The molecule has 4 heterocycles. The monoisotopic (exact) mass is 395 g/mol. The summed E-state index contributed by atoms with van der Waals surface area (Å²) < 4.78 is 19.1. The largest absolute Gasteiger partial charge is 0.491 e. The van der Waals surface area contributed by atoms with E-state index in [1.807, 2.05) is 24.5 Å². The molecule has 0 atom stereocenters. The molecule has 0 aliphatic rings. The molecule has 4 rings (SSSR count). The van der Waals surface area contributed by atoms with Gasteiger partial charge >= 0.3 is 0 Å². The van der Waals surface area contributed by atoms with Crippen LogP contribution in [-0.2, 0) is 11.3 Å². The van der Waals surface area contributed by atoms with E-state index < -0.39 is 0 Å². The Bertz CT molecular complexity index is 1150. The van der Waals surface area contributed by atoms with Gasteiger partial charge in [-0.15, -0.1) is 5.10 Å². The number of nitrogens with two attached hydrogens (primary N) is 1. The summed E-state index contributed by atoms with van der Waals surface area (Å²) in [6, 6.07) is 3.67. The summed E-state index contributed by atoms with van der Waals surface area (Å²) in [7, 11) is 4.77. The fourth-order valence-corrected chi connectivity index (χ4v) is 3.06. The maximum atomic E-state index is 6.18. The molecule has 0 aliphatic heterocycles. The number of nitrogen functional groups attached to an aromatic ring is 1. The van der Waals surface area contributed by atoms with E-state index in [1.165, 1.54) is 0 Å². The number of rotatable bonds is 7. The van der Waals surface area contributed by atoms with E-state index in [4.69, 9.17) is 24.9 Å². The molecule has 4 aromatic rings. The summed E-state index contributed by atoms with van der Waals surface area (Å²) in [5, 5.41) is 8.72. The van der Waals surface area contributed by atoms with E-state index in [9.17, 15) is 0 Å². The number of methoxy groups -OCH3 is 3. The van der Waals surface area contributed by atoms with Crippen molar-refractivity contribution in [3.8, 4) is 34.0 Å². The lowest BCUT2D eigenvalue weighted by atomic mass is 10.1. The average molecular weight is 395 g/mol. The standard InChI is InChI=1S/C19H21N7O3/c1-27-7-6-25-11-13(10-22-25)16-17(20)24-26-5-4-14(23-18(16)26)12-8-15(28-2)19(29-3)21-9-12/h4-5,8-11H,6-7H2,1-3H3,(H2,20,24). The number of aromatic nitrogens is 6. The first kappa shape index (κ1) is 18.7. The topological polar surface area (TPSA) is 115 Å². The highest BCUT2D eigenvalue weighted by Gasteiger charge is 2.17. The van der Waals surface area contributed by atoms with Crippen LogP contribution < -0.4 is 15.2 Å². The molecule has 0 saturated carbocycles. The van der Waals surface area contributed by atoms with Gasteiger partial charge in [-0.3, -0.25) is 4.68 Å². The molecule has 0 spiro atoms. The third kappa shape index (κ3) is 3.45. The summed E-state index contributed by atoms with van der Waals surface area (Å²) in [5.74, 6) is 1.32. The van der Waals surface area contributed by atoms with Crippen LogP contribution in [0, 0.1) is 0 Å². The van der Waals surface area contributed by atoms with Gasteiger partial charge in [-0.1, -0.05) is 0 Å². The van der Waals surface area contributed by atoms with Crippen molar-refractivity contribution in [1.82, 2.24) is 29.4 Å². The molecule has 29 heavy (non-hydrogen) atoms. The molecule has 0 fully saturated rings. The number of nitrogens with zero attached hydrogens (tertiary/aromatic N) is 6. The van der Waals surface area contributed by atoms with Crippen molar-refractivity contribution < 1.29 is 14.2 Å². The summed E-state index contributed by atoms with van der Waals surface area (Å²) in [6.07, 6.45) is 7.14.